The van der Waals surface area contributed by atoms with Gasteiger partial charge in [0.25, 0.3) is 5.91 Å². The van der Waals surface area contributed by atoms with Gasteiger partial charge in [0.05, 0.1) is 0 Å². The molecule has 4 heterocycles. The van der Waals surface area contributed by atoms with Crippen molar-refractivity contribution in [1.29, 1.82) is 0 Å². The molecular weight excluding hydrogens is 304 g/mol. The normalized spacial score (nSPS) is 22.0. The van der Waals surface area contributed by atoms with Crippen LogP contribution in [0.25, 0.3) is 5.82 Å². The van der Waals surface area contributed by atoms with Crippen molar-refractivity contribution >= 4 is 5.91 Å². The number of pyridine rings is 1. The van der Waals surface area contributed by atoms with Gasteiger partial charge >= 0.3 is 0 Å². The molecule has 126 valence electrons. The lowest BCUT2D eigenvalue weighted by atomic mass is 10.2. The van der Waals surface area contributed by atoms with Crippen LogP contribution in [-0.2, 0) is 0 Å². The first-order chi connectivity index (χ1) is 11.8. The Kier molecular flexibility index (Phi) is 4.27. The minimum atomic E-state index is 0.0865. The van der Waals surface area contributed by atoms with E-state index >= 15 is 0 Å². The third-order valence-electron chi connectivity index (χ3n) is 4.85. The molecule has 1 atom stereocenters. The van der Waals surface area contributed by atoms with E-state index in [0.29, 0.717) is 17.4 Å². The van der Waals surface area contributed by atoms with Gasteiger partial charge in [-0.1, -0.05) is 0 Å². The molecule has 0 aliphatic carbocycles. The fourth-order valence-corrected chi connectivity index (χ4v) is 3.54. The average Bonchev–Trinajstić information content (AvgIpc) is 3.34. The SMILES string of the molecule is O=C(c1ccnc(-n2cccn2)c1)N1CCC(N2CCNCC2)C1. The number of carbonyl (C=O) groups is 1. The Labute approximate surface area is 141 Å². The van der Waals surface area contributed by atoms with Crippen molar-refractivity contribution in [2.24, 2.45) is 0 Å². The van der Waals surface area contributed by atoms with Gasteiger partial charge in [0.1, 0.15) is 0 Å². The second-order valence-electron chi connectivity index (χ2n) is 6.33. The predicted molar refractivity (Wildman–Crippen MR) is 90.1 cm³/mol. The van der Waals surface area contributed by atoms with Gasteiger partial charge in [-0.2, -0.15) is 5.10 Å². The molecule has 0 aromatic carbocycles. The lowest BCUT2D eigenvalue weighted by molar-refractivity contribution is 0.0773. The van der Waals surface area contributed by atoms with Crippen LogP contribution in [0.15, 0.2) is 36.8 Å². The zero-order chi connectivity index (χ0) is 16.4. The van der Waals surface area contributed by atoms with Crippen LogP contribution < -0.4 is 5.32 Å². The minimum Gasteiger partial charge on any atom is -0.337 e. The first kappa shape index (κ1) is 15.3. The summed E-state index contributed by atoms with van der Waals surface area (Å²) in [5.41, 5.74) is 0.677. The summed E-state index contributed by atoms with van der Waals surface area (Å²) in [6, 6.07) is 5.93. The molecule has 2 fully saturated rings. The molecule has 2 aromatic heterocycles. The van der Waals surface area contributed by atoms with Gasteiger partial charge in [-0.15, -0.1) is 0 Å². The fourth-order valence-electron chi connectivity index (χ4n) is 3.54. The summed E-state index contributed by atoms with van der Waals surface area (Å²) >= 11 is 0. The van der Waals surface area contributed by atoms with E-state index in [1.165, 1.54) is 0 Å². The zero-order valence-corrected chi connectivity index (χ0v) is 13.6. The largest absolute Gasteiger partial charge is 0.337 e. The third-order valence-corrected chi connectivity index (χ3v) is 4.85. The predicted octanol–water partition coefficient (Wildman–Crippen LogP) is 0.387. The van der Waals surface area contributed by atoms with Crippen molar-refractivity contribution in [1.82, 2.24) is 29.9 Å². The van der Waals surface area contributed by atoms with E-state index in [2.05, 4.69) is 20.3 Å². The average molecular weight is 326 g/mol. The second-order valence-corrected chi connectivity index (χ2v) is 6.33. The molecule has 0 radical (unpaired) electrons. The summed E-state index contributed by atoms with van der Waals surface area (Å²) < 4.78 is 1.67. The van der Waals surface area contributed by atoms with Crippen LogP contribution in [-0.4, -0.2) is 75.8 Å². The highest BCUT2D eigenvalue weighted by atomic mass is 16.2. The summed E-state index contributed by atoms with van der Waals surface area (Å²) in [4.78, 5) is 21.6. The first-order valence-electron chi connectivity index (χ1n) is 8.51. The van der Waals surface area contributed by atoms with Crippen LogP contribution >= 0.6 is 0 Å². The molecule has 2 aliphatic heterocycles. The van der Waals surface area contributed by atoms with Crippen LogP contribution in [0, 0.1) is 0 Å². The Hall–Kier alpha value is -2.25. The number of nitrogens with one attached hydrogen (secondary N) is 1. The number of hydrogen-bond donors (Lipinski definition) is 1. The van der Waals surface area contributed by atoms with E-state index in [1.807, 2.05) is 23.2 Å². The molecule has 2 aliphatic rings. The molecule has 0 bridgehead atoms. The van der Waals surface area contributed by atoms with Crippen LogP contribution in [0.1, 0.15) is 16.8 Å². The molecule has 7 heteroatoms. The van der Waals surface area contributed by atoms with E-state index in [-0.39, 0.29) is 5.91 Å². The van der Waals surface area contributed by atoms with Gasteiger partial charge in [0.15, 0.2) is 5.82 Å². The van der Waals surface area contributed by atoms with Gasteiger partial charge in [0, 0.05) is 69.5 Å². The maximum Gasteiger partial charge on any atom is 0.254 e. The van der Waals surface area contributed by atoms with E-state index in [4.69, 9.17) is 0 Å². The lowest BCUT2D eigenvalue weighted by Gasteiger charge is -2.32. The standard InChI is InChI=1S/C17H22N6O/c24-17(14-2-5-19-16(12-14)23-8-1-4-20-23)22-9-3-15(13-22)21-10-6-18-7-11-21/h1-2,4-5,8,12,15,18H,3,6-7,9-11,13H2. The van der Waals surface area contributed by atoms with Gasteiger partial charge in [-0.05, 0) is 24.6 Å². The number of hydrogen-bond acceptors (Lipinski definition) is 5. The monoisotopic (exact) mass is 326 g/mol. The molecule has 1 unspecified atom stereocenters. The highest BCUT2D eigenvalue weighted by Crippen LogP contribution is 2.19. The minimum absolute atomic E-state index is 0.0865. The highest BCUT2D eigenvalue weighted by molar-refractivity contribution is 5.94. The van der Waals surface area contributed by atoms with Crippen LogP contribution in [0.5, 0.6) is 0 Å². The molecule has 4 rings (SSSR count). The number of likely N-dealkylation sites (tertiary alicyclic amines) is 1. The maximum atomic E-state index is 12.8. The topological polar surface area (TPSA) is 66.3 Å². The van der Waals surface area contributed by atoms with Crippen molar-refractivity contribution in [2.45, 2.75) is 12.5 Å². The van der Waals surface area contributed by atoms with E-state index in [0.717, 1.165) is 45.7 Å². The Morgan fingerprint density at radius 3 is 2.88 bits per heavy atom. The molecule has 2 saturated heterocycles. The quantitative estimate of drug-likeness (QED) is 0.884. The third kappa shape index (κ3) is 3.05. The summed E-state index contributed by atoms with van der Waals surface area (Å²) in [6.45, 7) is 5.88. The van der Waals surface area contributed by atoms with Gasteiger partial charge < -0.3 is 10.2 Å². The van der Waals surface area contributed by atoms with Crippen LogP contribution in [0.4, 0.5) is 0 Å². The van der Waals surface area contributed by atoms with Crippen molar-refractivity contribution in [3.63, 3.8) is 0 Å². The van der Waals surface area contributed by atoms with Crippen LogP contribution in [0.2, 0.25) is 0 Å². The van der Waals surface area contributed by atoms with E-state index < -0.39 is 0 Å². The number of aromatic nitrogens is 3. The molecule has 1 amide bonds. The van der Waals surface area contributed by atoms with Crippen LogP contribution in [0.3, 0.4) is 0 Å². The summed E-state index contributed by atoms with van der Waals surface area (Å²) in [5, 5.41) is 7.55. The van der Waals surface area contributed by atoms with Crippen molar-refractivity contribution < 1.29 is 4.79 Å². The number of nitrogens with zero attached hydrogens (tertiary/aromatic N) is 5. The number of piperazine rings is 1. The maximum absolute atomic E-state index is 12.8. The van der Waals surface area contributed by atoms with Crippen molar-refractivity contribution in [3.8, 4) is 5.82 Å². The number of rotatable bonds is 3. The van der Waals surface area contributed by atoms with Gasteiger partial charge in [-0.3, -0.25) is 9.69 Å². The molecule has 2 aromatic rings. The summed E-state index contributed by atoms with van der Waals surface area (Å²) in [7, 11) is 0. The van der Waals surface area contributed by atoms with Crippen molar-refractivity contribution in [3.05, 3.63) is 42.4 Å². The van der Waals surface area contributed by atoms with Gasteiger partial charge in [-0.25, -0.2) is 9.67 Å². The smallest absolute Gasteiger partial charge is 0.254 e. The Bertz CT molecular complexity index is 695. The van der Waals surface area contributed by atoms with Crippen molar-refractivity contribution in [2.75, 3.05) is 39.3 Å². The summed E-state index contributed by atoms with van der Waals surface area (Å²) in [6.07, 6.45) is 6.26. The fraction of sp³-hybridized carbons (Fsp3) is 0.471. The molecule has 7 nitrogen and oxygen atoms in total. The zero-order valence-electron chi connectivity index (χ0n) is 13.6. The lowest BCUT2D eigenvalue weighted by Crippen LogP contribution is -2.49. The molecule has 0 spiro atoms. The number of amides is 1. The highest BCUT2D eigenvalue weighted by Gasteiger charge is 2.31. The molecule has 24 heavy (non-hydrogen) atoms. The number of carbonyl (C=O) groups excluding carboxylic acids is 1. The Morgan fingerprint density at radius 2 is 2.08 bits per heavy atom. The summed E-state index contributed by atoms with van der Waals surface area (Å²) in [5.74, 6) is 0.757. The van der Waals surface area contributed by atoms with E-state index in [1.54, 1.807) is 23.1 Å². The molecule has 0 saturated carbocycles. The van der Waals surface area contributed by atoms with E-state index in [9.17, 15) is 4.79 Å². The van der Waals surface area contributed by atoms with Gasteiger partial charge in [0.2, 0.25) is 0 Å². The second kappa shape index (κ2) is 6.70. The first-order valence-corrected chi connectivity index (χ1v) is 8.51. The Morgan fingerprint density at radius 1 is 1.21 bits per heavy atom. The molecule has 1 N–H and O–H groups in total. The molecular formula is C17H22N6O. The Balaban J connectivity index is 1.45.